The summed E-state index contributed by atoms with van der Waals surface area (Å²) in [6.07, 6.45) is 4.79. The molecule has 0 aliphatic carbocycles. The molecule has 1 aromatic heterocycles. The highest BCUT2D eigenvalue weighted by molar-refractivity contribution is 14.0. The van der Waals surface area contributed by atoms with E-state index in [9.17, 15) is 0 Å². The van der Waals surface area contributed by atoms with Gasteiger partial charge in [0, 0.05) is 32.6 Å². The van der Waals surface area contributed by atoms with Gasteiger partial charge >= 0.3 is 0 Å². The van der Waals surface area contributed by atoms with Gasteiger partial charge in [-0.2, -0.15) is 0 Å². The average molecular weight is 448 g/mol. The first-order chi connectivity index (χ1) is 10.9. The van der Waals surface area contributed by atoms with Crippen LogP contribution >= 0.6 is 24.0 Å². The second-order valence-electron chi connectivity index (χ2n) is 6.79. The number of guanidine groups is 1. The van der Waals surface area contributed by atoms with Gasteiger partial charge in [0.1, 0.15) is 0 Å². The van der Waals surface area contributed by atoms with Crippen LogP contribution in [0, 0.1) is 12.3 Å². The van der Waals surface area contributed by atoms with Crippen molar-refractivity contribution in [1.82, 2.24) is 15.6 Å². The fraction of sp³-hybridized carbons (Fsp3) is 0.667. The minimum Gasteiger partial charge on any atom is -0.379 e. The molecule has 138 valence electrons. The summed E-state index contributed by atoms with van der Waals surface area (Å²) in [6, 6.07) is 2.07. The summed E-state index contributed by atoms with van der Waals surface area (Å²) in [5.74, 6) is 0.838. The van der Waals surface area contributed by atoms with Crippen LogP contribution in [-0.4, -0.2) is 43.8 Å². The van der Waals surface area contributed by atoms with Gasteiger partial charge in [0.15, 0.2) is 5.96 Å². The second kappa shape index (κ2) is 11.6. The molecule has 0 bridgehead atoms. The molecule has 1 atom stereocenters. The first-order valence-electron chi connectivity index (χ1n) is 8.33. The molecule has 0 amide bonds. The molecule has 6 heteroatoms. The molecular formula is C18H33IN4O. The highest BCUT2D eigenvalue weighted by Gasteiger charge is 2.24. The Morgan fingerprint density at radius 2 is 2.04 bits per heavy atom. The first kappa shape index (κ1) is 23.1. The zero-order chi connectivity index (χ0) is 17.3. The van der Waals surface area contributed by atoms with Gasteiger partial charge in [-0.1, -0.05) is 20.8 Å². The van der Waals surface area contributed by atoms with Crippen molar-refractivity contribution in [3.63, 3.8) is 0 Å². The Morgan fingerprint density at radius 1 is 1.33 bits per heavy atom. The molecule has 2 N–H and O–H groups in total. The number of nitrogens with one attached hydrogen (secondary N) is 2. The molecule has 5 nitrogen and oxygen atoms in total. The van der Waals surface area contributed by atoms with Gasteiger partial charge < -0.3 is 15.4 Å². The summed E-state index contributed by atoms with van der Waals surface area (Å²) in [5.41, 5.74) is 2.61. The largest absolute Gasteiger partial charge is 0.379 e. The predicted molar refractivity (Wildman–Crippen MR) is 112 cm³/mol. The highest BCUT2D eigenvalue weighted by atomic mass is 127. The molecule has 0 aliphatic heterocycles. The van der Waals surface area contributed by atoms with Crippen molar-refractivity contribution in [2.75, 3.05) is 26.7 Å². The quantitative estimate of drug-likeness (QED) is 0.382. The predicted octanol–water partition coefficient (Wildman–Crippen LogP) is 3.17. The number of pyridine rings is 1. The van der Waals surface area contributed by atoms with Crippen molar-refractivity contribution in [1.29, 1.82) is 0 Å². The number of aromatic nitrogens is 1. The molecular weight excluding hydrogens is 415 g/mol. The number of ether oxygens (including phenoxy) is 1. The van der Waals surface area contributed by atoms with E-state index < -0.39 is 0 Å². The molecule has 24 heavy (non-hydrogen) atoms. The number of nitrogens with zero attached hydrogens (tertiary/aromatic N) is 2. The number of hydrogen-bond acceptors (Lipinski definition) is 3. The van der Waals surface area contributed by atoms with Crippen molar-refractivity contribution in [2.24, 2.45) is 10.4 Å². The molecule has 0 aromatic carbocycles. The summed E-state index contributed by atoms with van der Waals surface area (Å²) in [5, 5.41) is 6.68. The normalized spacial score (nSPS) is 13.2. The summed E-state index contributed by atoms with van der Waals surface area (Å²) in [4.78, 5) is 8.79. The van der Waals surface area contributed by atoms with Gasteiger partial charge in [0.05, 0.1) is 12.6 Å². The van der Waals surface area contributed by atoms with E-state index in [-0.39, 0.29) is 35.5 Å². The number of methoxy groups -OCH3 is 1. The topological polar surface area (TPSA) is 58.5 Å². The Labute approximate surface area is 164 Å². The number of halogens is 1. The Bertz CT molecular complexity index is 500. The number of hydrogen-bond donors (Lipinski definition) is 2. The fourth-order valence-corrected chi connectivity index (χ4v) is 2.32. The molecule has 1 aromatic rings. The van der Waals surface area contributed by atoms with Gasteiger partial charge in [0.2, 0.25) is 0 Å². The van der Waals surface area contributed by atoms with E-state index in [1.165, 1.54) is 11.1 Å². The lowest BCUT2D eigenvalue weighted by molar-refractivity contribution is 0.0241. The van der Waals surface area contributed by atoms with Crippen molar-refractivity contribution < 1.29 is 4.74 Å². The Morgan fingerprint density at radius 3 is 2.58 bits per heavy atom. The maximum atomic E-state index is 5.56. The van der Waals surface area contributed by atoms with Gasteiger partial charge in [-0.25, -0.2) is 0 Å². The minimum atomic E-state index is 0. The van der Waals surface area contributed by atoms with Crippen LogP contribution < -0.4 is 10.6 Å². The van der Waals surface area contributed by atoms with Crippen LogP contribution in [0.5, 0.6) is 0 Å². The van der Waals surface area contributed by atoms with Crippen LogP contribution in [0.25, 0.3) is 0 Å². The van der Waals surface area contributed by atoms with E-state index in [0.29, 0.717) is 6.54 Å². The molecule has 0 spiro atoms. The molecule has 1 unspecified atom stereocenters. The van der Waals surface area contributed by atoms with Crippen molar-refractivity contribution >= 4 is 29.9 Å². The zero-order valence-corrected chi connectivity index (χ0v) is 18.2. The molecule has 1 rings (SSSR count). The monoisotopic (exact) mass is 448 g/mol. The lowest BCUT2D eigenvalue weighted by Crippen LogP contribution is -2.40. The van der Waals surface area contributed by atoms with E-state index in [1.807, 2.05) is 12.4 Å². The summed E-state index contributed by atoms with van der Waals surface area (Å²) in [6.45, 7) is 13.0. The van der Waals surface area contributed by atoms with Crippen LogP contribution in [0.15, 0.2) is 23.5 Å². The van der Waals surface area contributed by atoms with Gasteiger partial charge in [-0.3, -0.25) is 9.98 Å². The average Bonchev–Trinajstić information content (AvgIpc) is 2.48. The Balaban J connectivity index is 0.00000529. The zero-order valence-electron chi connectivity index (χ0n) is 15.8. The van der Waals surface area contributed by atoms with Crippen LogP contribution in [-0.2, 0) is 11.2 Å². The van der Waals surface area contributed by atoms with Gasteiger partial charge in [-0.05, 0) is 42.9 Å². The molecule has 0 saturated heterocycles. The standard InChI is InChI=1S/C18H32N4O.HI/c1-7-20-17(22-13-16(23-6)18(3,4)5)21-11-9-15-8-10-19-12-14(15)2;/h8,10,12,16H,7,9,11,13H2,1-6H3,(H2,20,21,22);1H. The van der Waals surface area contributed by atoms with E-state index in [1.54, 1.807) is 7.11 Å². The summed E-state index contributed by atoms with van der Waals surface area (Å²) < 4.78 is 5.56. The SMILES string of the molecule is CCNC(=NCC(OC)C(C)(C)C)NCCc1ccncc1C.I. The molecule has 0 fully saturated rings. The number of aliphatic imine (C=N–C) groups is 1. The van der Waals surface area contributed by atoms with Crippen LogP contribution in [0.1, 0.15) is 38.8 Å². The number of rotatable bonds is 7. The van der Waals surface area contributed by atoms with E-state index in [2.05, 4.69) is 61.3 Å². The smallest absolute Gasteiger partial charge is 0.191 e. The van der Waals surface area contributed by atoms with Crippen LogP contribution in [0.3, 0.4) is 0 Å². The van der Waals surface area contributed by atoms with Crippen molar-refractivity contribution in [3.8, 4) is 0 Å². The highest BCUT2D eigenvalue weighted by Crippen LogP contribution is 2.21. The van der Waals surface area contributed by atoms with Crippen LogP contribution in [0.2, 0.25) is 0 Å². The Kier molecular flexibility index (Phi) is 11.2. The number of aryl methyl sites for hydroxylation is 1. The molecule has 0 radical (unpaired) electrons. The van der Waals surface area contributed by atoms with Gasteiger partial charge in [0.25, 0.3) is 0 Å². The molecule has 1 heterocycles. The second-order valence-corrected chi connectivity index (χ2v) is 6.79. The van der Waals surface area contributed by atoms with Crippen LogP contribution in [0.4, 0.5) is 0 Å². The first-order valence-corrected chi connectivity index (χ1v) is 8.33. The third-order valence-electron chi connectivity index (χ3n) is 3.83. The Hall–Kier alpha value is -0.890. The van der Waals surface area contributed by atoms with Crippen molar-refractivity contribution in [2.45, 2.75) is 47.1 Å². The van der Waals surface area contributed by atoms with E-state index in [0.717, 1.165) is 25.5 Å². The maximum Gasteiger partial charge on any atom is 0.191 e. The molecule has 0 aliphatic rings. The van der Waals surface area contributed by atoms with E-state index in [4.69, 9.17) is 4.74 Å². The van der Waals surface area contributed by atoms with E-state index >= 15 is 0 Å². The summed E-state index contributed by atoms with van der Waals surface area (Å²) in [7, 11) is 1.75. The third-order valence-corrected chi connectivity index (χ3v) is 3.83. The fourth-order valence-electron chi connectivity index (χ4n) is 2.32. The minimum absolute atomic E-state index is 0. The third kappa shape index (κ3) is 8.28. The van der Waals surface area contributed by atoms with Crippen molar-refractivity contribution in [3.05, 3.63) is 29.6 Å². The summed E-state index contributed by atoms with van der Waals surface area (Å²) >= 11 is 0. The molecule has 0 saturated carbocycles. The lowest BCUT2D eigenvalue weighted by Gasteiger charge is -2.28. The van der Waals surface area contributed by atoms with Gasteiger partial charge in [-0.15, -0.1) is 24.0 Å². The maximum absolute atomic E-state index is 5.56. The lowest BCUT2D eigenvalue weighted by atomic mass is 9.89.